The molecule has 24 heavy (non-hydrogen) atoms. The predicted octanol–water partition coefficient (Wildman–Crippen LogP) is 3.71. The van der Waals surface area contributed by atoms with Crippen molar-refractivity contribution in [2.24, 2.45) is 17.1 Å². The molecule has 0 radical (unpaired) electrons. The summed E-state index contributed by atoms with van der Waals surface area (Å²) in [6.45, 7) is 11.5. The maximum atomic E-state index is 12.1. The number of amides is 2. The van der Waals surface area contributed by atoms with E-state index < -0.39 is 11.5 Å². The number of carbonyl (C=O) groups is 2. The van der Waals surface area contributed by atoms with E-state index in [1.54, 1.807) is 6.07 Å². The summed E-state index contributed by atoms with van der Waals surface area (Å²) in [6, 6.07) is 4.90. The van der Waals surface area contributed by atoms with Crippen LogP contribution in [0.4, 0.5) is 11.4 Å². The van der Waals surface area contributed by atoms with Gasteiger partial charge in [0.25, 0.3) is 0 Å². The van der Waals surface area contributed by atoms with Crippen molar-refractivity contribution in [1.82, 2.24) is 0 Å². The first kappa shape index (κ1) is 22.4. The maximum absolute atomic E-state index is 12.1. The molecule has 136 valence electrons. The molecule has 0 saturated heterocycles. The van der Waals surface area contributed by atoms with Gasteiger partial charge in [0.15, 0.2) is 0 Å². The molecule has 6 heteroatoms. The van der Waals surface area contributed by atoms with E-state index in [-0.39, 0.29) is 24.2 Å². The molecule has 0 heterocycles. The van der Waals surface area contributed by atoms with Gasteiger partial charge in [0.1, 0.15) is 0 Å². The fourth-order valence-electron chi connectivity index (χ4n) is 1.99. The topological polar surface area (TPSA) is 84.2 Å². The molecule has 0 aliphatic heterocycles. The van der Waals surface area contributed by atoms with E-state index in [1.807, 2.05) is 53.7 Å². The number of aryl methyl sites for hydroxylation is 1. The highest BCUT2D eigenvalue weighted by Gasteiger charge is 2.22. The number of halogens is 1. The van der Waals surface area contributed by atoms with E-state index in [0.717, 1.165) is 5.56 Å². The number of hydrogen-bond donors (Lipinski definition) is 3. The summed E-state index contributed by atoms with van der Waals surface area (Å²) in [7, 11) is 0. The molecular weight excluding hydrogens is 326 g/mol. The van der Waals surface area contributed by atoms with Gasteiger partial charge in [0.05, 0.1) is 6.04 Å². The van der Waals surface area contributed by atoms with E-state index >= 15 is 0 Å². The molecule has 2 amide bonds. The third-order valence-electron chi connectivity index (χ3n) is 3.50. The zero-order chi connectivity index (χ0) is 17.8. The molecule has 4 N–H and O–H groups in total. The Bertz CT molecular complexity index is 580. The smallest absolute Gasteiger partial charge is 0.241 e. The normalized spacial score (nSPS) is 12.3. The SMILES string of the molecule is Cc1ccc(NC(=O)[C@@H](N)CC(C)C)cc1NC(=O)C(C)(C)C.Cl. The first-order chi connectivity index (χ1) is 10.5. The second-order valence-electron chi connectivity index (χ2n) is 7.46. The Kier molecular flexibility index (Phi) is 8.44. The number of nitrogens with two attached hydrogens (primary N) is 1. The number of benzene rings is 1. The quantitative estimate of drug-likeness (QED) is 0.752. The van der Waals surface area contributed by atoms with Gasteiger partial charge in [0, 0.05) is 16.8 Å². The summed E-state index contributed by atoms with van der Waals surface area (Å²) in [5.41, 5.74) is 7.67. The largest absolute Gasteiger partial charge is 0.325 e. The molecule has 0 spiro atoms. The van der Waals surface area contributed by atoms with Crippen molar-refractivity contribution < 1.29 is 9.59 Å². The predicted molar refractivity (Wildman–Crippen MR) is 103 cm³/mol. The summed E-state index contributed by atoms with van der Waals surface area (Å²) >= 11 is 0. The molecule has 0 saturated carbocycles. The van der Waals surface area contributed by atoms with Crippen molar-refractivity contribution >= 4 is 35.6 Å². The van der Waals surface area contributed by atoms with Gasteiger partial charge in [-0.25, -0.2) is 0 Å². The van der Waals surface area contributed by atoms with Crippen molar-refractivity contribution in [2.75, 3.05) is 10.6 Å². The van der Waals surface area contributed by atoms with E-state index in [9.17, 15) is 9.59 Å². The summed E-state index contributed by atoms with van der Waals surface area (Å²) in [5, 5.41) is 5.72. The van der Waals surface area contributed by atoms with Gasteiger partial charge in [-0.05, 0) is 37.0 Å². The molecule has 5 nitrogen and oxygen atoms in total. The zero-order valence-electron chi connectivity index (χ0n) is 15.4. The molecule has 0 aromatic heterocycles. The van der Waals surface area contributed by atoms with Crippen molar-refractivity contribution in [3.8, 4) is 0 Å². The lowest BCUT2D eigenvalue weighted by atomic mass is 9.95. The van der Waals surface area contributed by atoms with E-state index in [4.69, 9.17) is 5.73 Å². The van der Waals surface area contributed by atoms with Crippen LogP contribution in [0.15, 0.2) is 18.2 Å². The summed E-state index contributed by atoms with van der Waals surface area (Å²) in [4.78, 5) is 24.2. The van der Waals surface area contributed by atoms with Crippen molar-refractivity contribution in [3.05, 3.63) is 23.8 Å². The number of rotatable bonds is 5. The lowest BCUT2D eigenvalue weighted by Crippen LogP contribution is -2.36. The minimum atomic E-state index is -0.538. The highest BCUT2D eigenvalue weighted by atomic mass is 35.5. The first-order valence-electron chi connectivity index (χ1n) is 7.99. The second kappa shape index (κ2) is 9.04. The summed E-state index contributed by atoms with van der Waals surface area (Å²) in [6.07, 6.45) is 0.630. The Morgan fingerprint density at radius 1 is 1.17 bits per heavy atom. The molecule has 1 aromatic rings. The van der Waals surface area contributed by atoms with Crippen LogP contribution in [0.1, 0.15) is 46.6 Å². The van der Waals surface area contributed by atoms with Crippen LogP contribution in [-0.2, 0) is 9.59 Å². The molecule has 0 aliphatic rings. The van der Waals surface area contributed by atoms with E-state index in [2.05, 4.69) is 10.6 Å². The lowest BCUT2D eigenvalue weighted by molar-refractivity contribution is -0.123. The average molecular weight is 356 g/mol. The third-order valence-corrected chi connectivity index (χ3v) is 3.50. The zero-order valence-corrected chi connectivity index (χ0v) is 16.2. The van der Waals surface area contributed by atoms with Gasteiger partial charge in [-0.1, -0.05) is 40.7 Å². The average Bonchev–Trinajstić information content (AvgIpc) is 2.40. The number of carbonyl (C=O) groups excluding carboxylic acids is 2. The fourth-order valence-corrected chi connectivity index (χ4v) is 1.99. The Morgan fingerprint density at radius 2 is 1.75 bits per heavy atom. The lowest BCUT2D eigenvalue weighted by Gasteiger charge is -2.20. The molecule has 0 fully saturated rings. The Hall–Kier alpha value is -1.59. The van der Waals surface area contributed by atoms with Crippen LogP contribution in [0, 0.1) is 18.3 Å². The molecule has 0 unspecified atom stereocenters. The van der Waals surface area contributed by atoms with Gasteiger partial charge in [-0.15, -0.1) is 12.4 Å². The van der Waals surface area contributed by atoms with Crippen LogP contribution in [0.2, 0.25) is 0 Å². The minimum Gasteiger partial charge on any atom is -0.325 e. The Labute approximate surface area is 151 Å². The first-order valence-corrected chi connectivity index (χ1v) is 7.99. The van der Waals surface area contributed by atoms with Crippen LogP contribution >= 0.6 is 12.4 Å². The minimum absolute atomic E-state index is 0. The van der Waals surface area contributed by atoms with Gasteiger partial charge in [-0.3, -0.25) is 9.59 Å². The fraction of sp³-hybridized carbons (Fsp3) is 0.556. The summed E-state index contributed by atoms with van der Waals surface area (Å²) in [5.74, 6) is 0.0756. The van der Waals surface area contributed by atoms with Gasteiger partial charge in [0.2, 0.25) is 11.8 Å². The van der Waals surface area contributed by atoms with Crippen LogP contribution < -0.4 is 16.4 Å². The number of nitrogens with one attached hydrogen (secondary N) is 2. The third kappa shape index (κ3) is 6.89. The van der Waals surface area contributed by atoms with E-state index in [0.29, 0.717) is 23.7 Å². The highest BCUT2D eigenvalue weighted by molar-refractivity contribution is 5.98. The Morgan fingerprint density at radius 3 is 2.25 bits per heavy atom. The molecule has 0 bridgehead atoms. The second-order valence-corrected chi connectivity index (χ2v) is 7.46. The molecule has 1 aromatic carbocycles. The summed E-state index contributed by atoms with van der Waals surface area (Å²) < 4.78 is 0. The Balaban J connectivity index is 0.00000529. The molecule has 0 aliphatic carbocycles. The van der Waals surface area contributed by atoms with Gasteiger partial charge >= 0.3 is 0 Å². The maximum Gasteiger partial charge on any atom is 0.241 e. The molecule has 1 rings (SSSR count). The van der Waals surface area contributed by atoms with E-state index in [1.165, 1.54) is 0 Å². The van der Waals surface area contributed by atoms with Crippen molar-refractivity contribution in [3.63, 3.8) is 0 Å². The van der Waals surface area contributed by atoms with Crippen LogP contribution in [0.5, 0.6) is 0 Å². The van der Waals surface area contributed by atoms with Crippen LogP contribution in [-0.4, -0.2) is 17.9 Å². The van der Waals surface area contributed by atoms with Gasteiger partial charge < -0.3 is 16.4 Å². The van der Waals surface area contributed by atoms with Crippen molar-refractivity contribution in [1.29, 1.82) is 0 Å². The number of hydrogen-bond acceptors (Lipinski definition) is 3. The molecular formula is C18H30ClN3O2. The number of anilines is 2. The molecule has 1 atom stereocenters. The standard InChI is InChI=1S/C18H29N3O2.ClH/c1-11(2)9-14(19)16(22)20-13-8-7-12(3)15(10-13)21-17(23)18(4,5)6;/h7-8,10-11,14H,9,19H2,1-6H3,(H,20,22)(H,21,23);1H/t14-;/m0./s1. The van der Waals surface area contributed by atoms with Gasteiger partial charge in [-0.2, -0.15) is 0 Å². The highest BCUT2D eigenvalue weighted by Crippen LogP contribution is 2.23. The van der Waals surface area contributed by atoms with Crippen LogP contribution in [0.25, 0.3) is 0 Å². The van der Waals surface area contributed by atoms with Crippen LogP contribution in [0.3, 0.4) is 0 Å². The monoisotopic (exact) mass is 355 g/mol. The van der Waals surface area contributed by atoms with Crippen molar-refractivity contribution in [2.45, 2.75) is 54.0 Å².